The summed E-state index contributed by atoms with van der Waals surface area (Å²) in [6.07, 6.45) is 8.32. The first-order valence-corrected chi connectivity index (χ1v) is 8.09. The molecule has 3 N–H and O–H groups in total. The van der Waals surface area contributed by atoms with Crippen LogP contribution in [0.1, 0.15) is 51.9 Å². The van der Waals surface area contributed by atoms with Gasteiger partial charge in [-0.15, -0.1) is 0 Å². The van der Waals surface area contributed by atoms with Gasteiger partial charge in [-0.05, 0) is 76.8 Å². The van der Waals surface area contributed by atoms with Crippen LogP contribution in [0.25, 0.3) is 0 Å². The zero-order chi connectivity index (χ0) is 14.8. The topological polar surface area (TPSA) is 66.6 Å². The fourth-order valence-corrected chi connectivity index (χ4v) is 4.07. The van der Waals surface area contributed by atoms with Gasteiger partial charge in [0.05, 0.1) is 0 Å². The molecule has 2 saturated carbocycles. The lowest BCUT2D eigenvalue weighted by atomic mass is 9.88. The van der Waals surface area contributed by atoms with Crippen LogP contribution in [0.5, 0.6) is 0 Å². The molecule has 0 radical (unpaired) electrons. The molecule has 0 aliphatic heterocycles. The largest absolute Gasteiger partial charge is 0.480 e. The van der Waals surface area contributed by atoms with Gasteiger partial charge >= 0.3 is 5.97 Å². The minimum absolute atomic E-state index is 0.560. The standard InChI is InChI=1S/C16H30N2O2/c1-16(17,15(19)20)7-3-4-8-18(2)11-14-10-12-5-6-13(14)9-12/h12-14H,3-11,17H2,1-2H3,(H,19,20). The van der Waals surface area contributed by atoms with E-state index in [0.717, 1.165) is 37.1 Å². The number of hydrogen-bond acceptors (Lipinski definition) is 3. The Balaban J connectivity index is 1.59. The van der Waals surface area contributed by atoms with E-state index in [4.69, 9.17) is 10.8 Å². The normalized spacial score (nSPS) is 31.7. The molecule has 0 amide bonds. The second-order valence-electron chi connectivity index (χ2n) is 7.38. The molecule has 2 fully saturated rings. The number of nitrogens with two attached hydrogens (primary N) is 1. The maximum Gasteiger partial charge on any atom is 0.323 e. The van der Waals surface area contributed by atoms with Crippen LogP contribution >= 0.6 is 0 Å². The highest BCUT2D eigenvalue weighted by molar-refractivity contribution is 5.77. The highest BCUT2D eigenvalue weighted by Gasteiger charge is 2.39. The van der Waals surface area contributed by atoms with Crippen LogP contribution in [0.15, 0.2) is 0 Å². The van der Waals surface area contributed by atoms with E-state index in [-0.39, 0.29) is 0 Å². The molecule has 20 heavy (non-hydrogen) atoms. The molecule has 2 bridgehead atoms. The number of hydrogen-bond donors (Lipinski definition) is 2. The third-order valence-electron chi connectivity index (χ3n) is 5.41. The summed E-state index contributed by atoms with van der Waals surface area (Å²) in [5.74, 6) is 2.03. The van der Waals surface area contributed by atoms with Crippen molar-refractivity contribution in [1.29, 1.82) is 0 Å². The summed E-state index contributed by atoms with van der Waals surface area (Å²) >= 11 is 0. The third-order valence-corrected chi connectivity index (χ3v) is 5.41. The molecule has 0 aromatic carbocycles. The van der Waals surface area contributed by atoms with Crippen LogP contribution in [0.3, 0.4) is 0 Å². The molecule has 4 atom stereocenters. The van der Waals surface area contributed by atoms with E-state index in [1.165, 1.54) is 32.2 Å². The van der Waals surface area contributed by atoms with Crippen LogP contribution in [0, 0.1) is 17.8 Å². The predicted molar refractivity (Wildman–Crippen MR) is 80.5 cm³/mol. The van der Waals surface area contributed by atoms with Crippen LogP contribution in [0.2, 0.25) is 0 Å². The zero-order valence-electron chi connectivity index (χ0n) is 13.0. The van der Waals surface area contributed by atoms with Crippen LogP contribution in [-0.2, 0) is 4.79 Å². The maximum absolute atomic E-state index is 10.9. The highest BCUT2D eigenvalue weighted by atomic mass is 16.4. The van der Waals surface area contributed by atoms with Crippen molar-refractivity contribution >= 4 is 5.97 Å². The molecule has 2 aliphatic carbocycles. The lowest BCUT2D eigenvalue weighted by Gasteiger charge is -2.27. The number of carboxylic acids is 1. The van der Waals surface area contributed by atoms with Gasteiger partial charge in [0.15, 0.2) is 0 Å². The van der Waals surface area contributed by atoms with Crippen LogP contribution in [0.4, 0.5) is 0 Å². The number of aliphatic carboxylic acids is 1. The van der Waals surface area contributed by atoms with Gasteiger partial charge in [-0.25, -0.2) is 0 Å². The quantitative estimate of drug-likeness (QED) is 0.671. The molecule has 0 heterocycles. The van der Waals surface area contributed by atoms with E-state index in [1.54, 1.807) is 6.92 Å². The lowest BCUT2D eigenvalue weighted by molar-refractivity contribution is -0.142. The first-order chi connectivity index (χ1) is 9.38. The smallest absolute Gasteiger partial charge is 0.323 e. The summed E-state index contributed by atoms with van der Waals surface area (Å²) in [6.45, 7) is 3.89. The molecule has 4 nitrogen and oxygen atoms in total. The predicted octanol–water partition coefficient (Wildman–Crippen LogP) is 2.33. The summed E-state index contributed by atoms with van der Waals surface area (Å²) in [5.41, 5.74) is 4.67. The van der Waals surface area contributed by atoms with Crippen molar-refractivity contribution in [2.45, 2.75) is 57.4 Å². The Morgan fingerprint density at radius 1 is 1.35 bits per heavy atom. The van der Waals surface area contributed by atoms with Gasteiger partial charge in [0.2, 0.25) is 0 Å². The van der Waals surface area contributed by atoms with Gasteiger partial charge in [-0.3, -0.25) is 4.79 Å². The number of nitrogens with zero attached hydrogens (tertiary/aromatic N) is 1. The summed E-state index contributed by atoms with van der Waals surface area (Å²) in [4.78, 5) is 13.3. The molecule has 0 saturated heterocycles. The minimum atomic E-state index is -1.07. The molecule has 0 spiro atoms. The molecule has 0 aromatic rings. The Labute approximate surface area is 122 Å². The molecule has 2 aliphatic rings. The number of carbonyl (C=O) groups is 1. The van der Waals surface area contributed by atoms with Gasteiger partial charge in [-0.2, -0.15) is 0 Å². The van der Waals surface area contributed by atoms with Crippen LogP contribution < -0.4 is 5.73 Å². The average molecular weight is 282 g/mol. The Kier molecular flexibility index (Phi) is 5.08. The zero-order valence-corrected chi connectivity index (χ0v) is 13.0. The molecule has 0 aromatic heterocycles. The number of fused-ring (bicyclic) bond motifs is 2. The summed E-state index contributed by atoms with van der Waals surface area (Å²) < 4.78 is 0. The van der Waals surface area contributed by atoms with Gasteiger partial charge in [-0.1, -0.05) is 6.42 Å². The maximum atomic E-state index is 10.9. The SMILES string of the molecule is CN(CCCCC(C)(N)C(=O)O)CC1CC2CCC1C2. The molecular weight excluding hydrogens is 252 g/mol. The molecule has 2 rings (SSSR count). The second-order valence-corrected chi connectivity index (χ2v) is 7.38. The van der Waals surface area contributed by atoms with Crippen molar-refractivity contribution in [2.24, 2.45) is 23.5 Å². The Morgan fingerprint density at radius 2 is 2.10 bits per heavy atom. The molecular formula is C16H30N2O2. The van der Waals surface area contributed by atoms with E-state index in [9.17, 15) is 4.79 Å². The van der Waals surface area contributed by atoms with Crippen molar-refractivity contribution in [3.63, 3.8) is 0 Å². The van der Waals surface area contributed by atoms with E-state index in [1.807, 2.05) is 0 Å². The van der Waals surface area contributed by atoms with Crippen molar-refractivity contribution in [3.05, 3.63) is 0 Å². The van der Waals surface area contributed by atoms with Crippen LogP contribution in [-0.4, -0.2) is 41.7 Å². The average Bonchev–Trinajstić information content (AvgIpc) is 2.96. The summed E-state index contributed by atoms with van der Waals surface area (Å²) in [6, 6.07) is 0. The van der Waals surface area contributed by atoms with Crippen molar-refractivity contribution < 1.29 is 9.90 Å². The van der Waals surface area contributed by atoms with Gasteiger partial charge in [0.1, 0.15) is 5.54 Å². The van der Waals surface area contributed by atoms with Crippen molar-refractivity contribution in [1.82, 2.24) is 4.90 Å². The fourth-order valence-electron chi connectivity index (χ4n) is 4.07. The van der Waals surface area contributed by atoms with E-state index >= 15 is 0 Å². The Hall–Kier alpha value is -0.610. The molecule has 116 valence electrons. The molecule has 4 unspecified atom stereocenters. The van der Waals surface area contributed by atoms with Gasteiger partial charge < -0.3 is 15.7 Å². The third kappa shape index (κ3) is 3.95. The minimum Gasteiger partial charge on any atom is -0.480 e. The number of unbranched alkanes of at least 4 members (excludes halogenated alkanes) is 1. The number of carboxylic acid groups (broad SMARTS) is 1. The van der Waals surface area contributed by atoms with Gasteiger partial charge in [0, 0.05) is 6.54 Å². The first kappa shape index (κ1) is 15.8. The highest BCUT2D eigenvalue weighted by Crippen LogP contribution is 2.48. The van der Waals surface area contributed by atoms with E-state index < -0.39 is 11.5 Å². The Morgan fingerprint density at radius 3 is 2.65 bits per heavy atom. The van der Waals surface area contributed by atoms with Gasteiger partial charge in [0.25, 0.3) is 0 Å². The first-order valence-electron chi connectivity index (χ1n) is 8.09. The number of rotatable bonds is 8. The monoisotopic (exact) mass is 282 g/mol. The van der Waals surface area contributed by atoms with E-state index in [0.29, 0.717) is 6.42 Å². The van der Waals surface area contributed by atoms with Crippen molar-refractivity contribution in [2.75, 3.05) is 20.1 Å². The second kappa shape index (κ2) is 6.44. The van der Waals surface area contributed by atoms with E-state index in [2.05, 4.69) is 11.9 Å². The van der Waals surface area contributed by atoms with Crippen molar-refractivity contribution in [3.8, 4) is 0 Å². The fraction of sp³-hybridized carbons (Fsp3) is 0.938. The molecule has 4 heteroatoms. The summed E-state index contributed by atoms with van der Waals surface area (Å²) in [7, 11) is 2.20. The Bertz CT molecular complexity index is 343. The summed E-state index contributed by atoms with van der Waals surface area (Å²) in [5, 5.41) is 8.96. The lowest BCUT2D eigenvalue weighted by Crippen LogP contribution is -2.44.